The maximum atomic E-state index is 11.8. The molecule has 534 valence electrons. The zero-order chi connectivity index (χ0) is 73.2. The summed E-state index contributed by atoms with van der Waals surface area (Å²) in [6, 6.07) is 34.3. The molecule has 3 aromatic carbocycles. The number of hydrogen-bond acceptors (Lipinski definition) is 17. The molecule has 0 fully saturated rings. The van der Waals surface area contributed by atoms with Gasteiger partial charge in [0.1, 0.15) is 54.5 Å². The van der Waals surface area contributed by atoms with Gasteiger partial charge in [0.05, 0.1) is 95.6 Å². The molecule has 100 heavy (non-hydrogen) atoms. The molecule has 6 heterocycles. The molecule has 0 aliphatic carbocycles. The Hall–Kier alpha value is -8.99. The van der Waals surface area contributed by atoms with Crippen LogP contribution in [0.3, 0.4) is 0 Å². The first-order chi connectivity index (χ1) is 47.0. The van der Waals surface area contributed by atoms with Gasteiger partial charge < -0.3 is 58.0 Å². The zero-order valence-electron chi connectivity index (χ0n) is 60.4. The van der Waals surface area contributed by atoms with Gasteiger partial charge >= 0.3 is 17.9 Å². The number of aliphatic carboxylic acids is 1. The third kappa shape index (κ3) is 24.1. The highest BCUT2D eigenvalue weighted by atomic mass is 35.5. The maximum Gasteiger partial charge on any atom is 0.314 e. The lowest BCUT2D eigenvalue weighted by Crippen LogP contribution is -2.32. The van der Waals surface area contributed by atoms with Gasteiger partial charge in [-0.2, -0.15) is 0 Å². The number of halogens is 2. The number of H-pyrrole nitrogens is 3. The number of nitrogens with zero attached hydrogens (tertiary/aromatic N) is 6. The fraction of sp³-hybridized carbons (Fsp3) is 0.416. The first-order valence-corrected chi connectivity index (χ1v) is 33.7. The molecule has 4 N–H and O–H groups in total. The molecular weight excluding hydrogens is 1310 g/mol. The van der Waals surface area contributed by atoms with Gasteiger partial charge in [-0.15, -0.1) is 0 Å². The van der Waals surface area contributed by atoms with Crippen LogP contribution in [0.2, 0.25) is 10.3 Å². The summed E-state index contributed by atoms with van der Waals surface area (Å²) in [7, 11) is 2.75. The number of rotatable bonds is 27. The van der Waals surface area contributed by atoms with E-state index in [9.17, 15) is 19.5 Å². The Morgan fingerprint density at radius 3 is 1.00 bits per heavy atom. The summed E-state index contributed by atoms with van der Waals surface area (Å²) in [4.78, 5) is 71.7. The average molecular weight is 1410 g/mol. The number of carbonyl (C=O) groups excluding carboxylic acids is 2. The summed E-state index contributed by atoms with van der Waals surface area (Å²) in [5.74, 6) is 2.58. The molecule has 21 nitrogen and oxygen atoms in total. The number of ether oxygens (including phenoxy) is 8. The van der Waals surface area contributed by atoms with Crippen molar-refractivity contribution < 1.29 is 57.4 Å². The van der Waals surface area contributed by atoms with Crippen molar-refractivity contribution in [2.24, 2.45) is 16.2 Å². The highest BCUT2D eigenvalue weighted by Crippen LogP contribution is 2.31. The van der Waals surface area contributed by atoms with Gasteiger partial charge in [-0.1, -0.05) is 23.2 Å². The molecule has 6 aromatic heterocycles. The quantitative estimate of drug-likeness (QED) is 0.0348. The number of carboxylic acids is 1. The monoisotopic (exact) mass is 1410 g/mol. The molecule has 0 atom stereocenters. The van der Waals surface area contributed by atoms with Crippen molar-refractivity contribution in [2.45, 2.75) is 140 Å². The molecule has 0 saturated heterocycles. The average Bonchev–Trinajstić information content (AvgIpc) is 1.54. The fourth-order valence-electron chi connectivity index (χ4n) is 9.20. The summed E-state index contributed by atoms with van der Waals surface area (Å²) in [5, 5.41) is 10.1. The number of nitrogens with one attached hydrogen (secondary N) is 3. The minimum Gasteiger partial charge on any atom is -0.492 e. The van der Waals surface area contributed by atoms with Gasteiger partial charge in [-0.05, 0) is 213 Å². The minimum atomic E-state index is -0.954. The Morgan fingerprint density at radius 2 is 0.700 bits per heavy atom. The van der Waals surface area contributed by atoms with Crippen molar-refractivity contribution in [2.75, 3.05) is 53.9 Å². The first kappa shape index (κ1) is 78.3. The van der Waals surface area contributed by atoms with Crippen LogP contribution < -0.4 is 14.2 Å². The van der Waals surface area contributed by atoms with E-state index in [0.717, 1.165) is 79.8 Å². The molecule has 0 saturated carbocycles. The lowest BCUT2D eigenvalue weighted by atomic mass is 9.95. The fourth-order valence-corrected chi connectivity index (χ4v) is 9.66. The van der Waals surface area contributed by atoms with Crippen LogP contribution >= 0.6 is 23.2 Å². The zero-order valence-corrected chi connectivity index (χ0v) is 62.0. The summed E-state index contributed by atoms with van der Waals surface area (Å²) in [5.41, 5.74) is 7.69. The Labute approximate surface area is 596 Å². The van der Waals surface area contributed by atoms with E-state index in [1.165, 1.54) is 14.2 Å². The Morgan fingerprint density at radius 1 is 0.390 bits per heavy atom. The Kier molecular flexibility index (Phi) is 26.9. The lowest BCUT2D eigenvalue weighted by molar-refractivity contribution is -0.153. The number of carboxylic acid groups (broad SMARTS) is 1. The highest BCUT2D eigenvalue weighted by molar-refractivity contribution is 6.30. The number of imidazole rings is 3. The van der Waals surface area contributed by atoms with Crippen molar-refractivity contribution in [3.8, 4) is 85.2 Å². The van der Waals surface area contributed by atoms with E-state index in [-0.39, 0.29) is 48.6 Å². The second-order valence-corrected chi connectivity index (χ2v) is 29.5. The van der Waals surface area contributed by atoms with Crippen LogP contribution in [0.1, 0.15) is 121 Å². The van der Waals surface area contributed by atoms with Crippen molar-refractivity contribution in [3.63, 3.8) is 0 Å². The van der Waals surface area contributed by atoms with Gasteiger partial charge in [0.2, 0.25) is 0 Å². The molecule has 0 radical (unpaired) electrons. The minimum absolute atomic E-state index is 0.0879. The molecule has 23 heteroatoms. The highest BCUT2D eigenvalue weighted by Gasteiger charge is 2.32. The van der Waals surface area contributed by atoms with Gasteiger partial charge in [0, 0.05) is 83.1 Å². The molecule has 9 aromatic rings. The normalized spacial score (nSPS) is 12.0. The Bertz CT molecular complexity index is 4070. The van der Waals surface area contributed by atoms with Crippen molar-refractivity contribution in [1.29, 1.82) is 0 Å². The number of esters is 2. The molecule has 0 amide bonds. The second-order valence-electron chi connectivity index (χ2n) is 28.8. The third-order valence-electron chi connectivity index (χ3n) is 15.2. The predicted octanol–water partition coefficient (Wildman–Crippen LogP) is 16.4. The van der Waals surface area contributed by atoms with Crippen LogP contribution in [-0.4, -0.2) is 139 Å². The van der Waals surface area contributed by atoms with Crippen LogP contribution in [0.15, 0.2) is 134 Å². The number of aromatic nitrogens is 9. The summed E-state index contributed by atoms with van der Waals surface area (Å²) >= 11 is 12.6. The van der Waals surface area contributed by atoms with E-state index in [0.29, 0.717) is 71.9 Å². The van der Waals surface area contributed by atoms with E-state index in [1.54, 1.807) is 66.1 Å². The summed E-state index contributed by atoms with van der Waals surface area (Å²) in [6.07, 6.45) is 9.25. The molecule has 0 bridgehead atoms. The third-order valence-corrected chi connectivity index (χ3v) is 15.8. The number of carbonyl (C=O) groups is 3. The van der Waals surface area contributed by atoms with Gasteiger partial charge in [0.25, 0.3) is 0 Å². The van der Waals surface area contributed by atoms with Crippen molar-refractivity contribution in [3.05, 3.63) is 161 Å². The summed E-state index contributed by atoms with van der Waals surface area (Å²) < 4.78 is 44.1. The van der Waals surface area contributed by atoms with E-state index in [2.05, 4.69) is 44.9 Å². The van der Waals surface area contributed by atoms with Crippen LogP contribution in [0, 0.1) is 16.2 Å². The topological polar surface area (TPSA) is 270 Å². The van der Waals surface area contributed by atoms with Crippen LogP contribution in [0.5, 0.6) is 17.2 Å². The predicted molar refractivity (Wildman–Crippen MR) is 390 cm³/mol. The van der Waals surface area contributed by atoms with Crippen molar-refractivity contribution >= 4 is 41.1 Å². The summed E-state index contributed by atoms with van der Waals surface area (Å²) in [6.45, 7) is 31.0. The number of benzene rings is 3. The number of aromatic amines is 3. The van der Waals surface area contributed by atoms with E-state index >= 15 is 0 Å². The van der Waals surface area contributed by atoms with Crippen LogP contribution in [0.25, 0.3) is 67.9 Å². The number of methoxy groups -OCH3 is 2. The number of pyridine rings is 3. The Balaban J connectivity index is 0.000000211. The smallest absolute Gasteiger partial charge is 0.314 e. The largest absolute Gasteiger partial charge is 0.492 e. The van der Waals surface area contributed by atoms with Gasteiger partial charge in [0.15, 0.2) is 10.3 Å². The standard InChI is InChI=1S/C26H32ClN3O4.C26H33N3O4.C25H30ClN3O4/c1-25(2,3)34-14-13-21-22(27)30-23(29-21)18-9-12-20(28-15-18)17-7-10-19(11-8-17)33-16-26(4,5)24(31)32-6;1-25(2,3)33-14-13-20-16-28-23(29-20)19-9-12-22(27-15-19)18-7-10-21(11-8-18)32-17-26(4,5)24(30)31-6;1-24(2,3)33-13-12-20-21(26)29-22(28-20)17-8-11-19(27-14-17)16-6-9-18(10-7-16)32-15-25(4,5)23(30)31/h7-12,15H,13-14,16H2,1-6H3,(H,29,30);7-12,15-16H,13-14,17H2,1-6H3,(H,28,29);6-11,14H,12-13,15H2,1-5H3,(H,28,29)(H,30,31). The SMILES string of the molecule is CC(C)(C)OCCc1[nH]c(-c2ccc(-c3ccc(OCC(C)(C)C(=O)O)cc3)nc2)nc1Cl.COC(=O)C(C)(C)COc1ccc(-c2ccc(-c3nc(Cl)c(CCOC(C)(C)C)[nH]3)cn2)cc1.COC(=O)C(C)(C)COc1ccc(-c2ccc(-c3ncc(CCOC(C)(C)C)[nH]3)cn2)cc1. The molecular formula is C77H95Cl2N9O12. The second kappa shape index (κ2) is 34.4. The van der Waals surface area contributed by atoms with Gasteiger partial charge in [-0.3, -0.25) is 29.3 Å². The van der Waals surface area contributed by atoms with Gasteiger partial charge in [-0.25, -0.2) is 15.0 Å². The molecule has 9 rings (SSSR count). The van der Waals surface area contributed by atoms with Crippen LogP contribution in [0.4, 0.5) is 0 Å². The molecule has 0 aliphatic rings. The number of hydrogen-bond donors (Lipinski definition) is 4. The maximum absolute atomic E-state index is 11.8. The molecule has 0 aliphatic heterocycles. The van der Waals surface area contributed by atoms with E-state index < -0.39 is 22.2 Å². The molecule has 0 spiro atoms. The van der Waals surface area contributed by atoms with E-state index in [4.69, 9.17) is 61.1 Å². The lowest BCUT2D eigenvalue weighted by Gasteiger charge is -2.21. The molecule has 0 unspecified atom stereocenters. The first-order valence-electron chi connectivity index (χ1n) is 32.9. The van der Waals surface area contributed by atoms with Crippen LogP contribution in [-0.2, 0) is 57.3 Å². The van der Waals surface area contributed by atoms with E-state index in [1.807, 2.05) is 172 Å². The van der Waals surface area contributed by atoms with Crippen molar-refractivity contribution in [1.82, 2.24) is 44.9 Å².